The molecule has 1 unspecified atom stereocenters. The van der Waals surface area contributed by atoms with Gasteiger partial charge in [0.05, 0.1) is 0 Å². The molecule has 1 aromatic rings. The van der Waals surface area contributed by atoms with E-state index in [2.05, 4.69) is 18.1 Å². The van der Waals surface area contributed by atoms with Crippen LogP contribution in [0, 0.1) is 11.8 Å². The van der Waals surface area contributed by atoms with E-state index in [9.17, 15) is 0 Å². The number of phenols is 1. The zero-order chi connectivity index (χ0) is 9.68. The summed E-state index contributed by atoms with van der Waals surface area (Å²) in [5.74, 6) is 7.17. The van der Waals surface area contributed by atoms with Gasteiger partial charge in [0.25, 0.3) is 0 Å². The molecule has 0 aliphatic carbocycles. The molecule has 1 atom stereocenters. The van der Waals surface area contributed by atoms with E-state index in [4.69, 9.17) is 5.11 Å². The topological polar surface area (TPSA) is 20.2 Å². The van der Waals surface area contributed by atoms with Gasteiger partial charge in [-0.15, -0.1) is 5.92 Å². The molecule has 0 fully saturated rings. The molecule has 68 valence electrons. The van der Waals surface area contributed by atoms with E-state index in [1.165, 1.54) is 4.90 Å². The van der Waals surface area contributed by atoms with Crippen molar-refractivity contribution in [1.29, 1.82) is 0 Å². The zero-order valence-corrected chi connectivity index (χ0v) is 8.69. The summed E-state index contributed by atoms with van der Waals surface area (Å²) >= 11 is 0. The molecule has 2 heteroatoms. The Morgan fingerprint density at radius 2 is 1.92 bits per heavy atom. The standard InChI is InChI=1S/C11H12OS/c1-3-4-9-13(2)11-7-5-10(12)6-8-11/h5-8H,9H2,1-2H3/p+1. The molecule has 1 nitrogen and oxygen atoms in total. The lowest BCUT2D eigenvalue weighted by molar-refractivity contribution is 0.475. The maximum Gasteiger partial charge on any atom is 0.173 e. The number of benzene rings is 1. The van der Waals surface area contributed by atoms with Crippen molar-refractivity contribution in [3.63, 3.8) is 0 Å². The molecule has 0 bridgehead atoms. The van der Waals surface area contributed by atoms with E-state index < -0.39 is 0 Å². The maximum atomic E-state index is 9.09. The highest BCUT2D eigenvalue weighted by Crippen LogP contribution is 2.15. The summed E-state index contributed by atoms with van der Waals surface area (Å²) in [6.45, 7) is 1.86. The first-order chi connectivity index (χ1) is 6.24. The van der Waals surface area contributed by atoms with Gasteiger partial charge < -0.3 is 5.11 Å². The number of hydrogen-bond acceptors (Lipinski definition) is 1. The number of rotatable bonds is 2. The Bertz CT molecular complexity index is 318. The fraction of sp³-hybridized carbons (Fsp3) is 0.273. The first-order valence-electron chi connectivity index (χ1n) is 4.05. The van der Waals surface area contributed by atoms with E-state index in [0.29, 0.717) is 5.75 Å². The van der Waals surface area contributed by atoms with Crippen LogP contribution in [0.25, 0.3) is 0 Å². The van der Waals surface area contributed by atoms with Gasteiger partial charge in [0.15, 0.2) is 10.6 Å². The van der Waals surface area contributed by atoms with Gasteiger partial charge in [-0.3, -0.25) is 0 Å². The lowest BCUT2D eigenvalue weighted by Crippen LogP contribution is -2.03. The summed E-state index contributed by atoms with van der Waals surface area (Å²) in [5, 5.41) is 9.09. The lowest BCUT2D eigenvalue weighted by atomic mass is 10.3. The van der Waals surface area contributed by atoms with Crippen molar-refractivity contribution < 1.29 is 5.11 Å². The van der Waals surface area contributed by atoms with E-state index in [0.717, 1.165) is 5.75 Å². The molecule has 0 saturated heterocycles. The van der Waals surface area contributed by atoms with E-state index in [1.807, 2.05) is 19.1 Å². The van der Waals surface area contributed by atoms with Crippen LogP contribution in [0.3, 0.4) is 0 Å². The summed E-state index contributed by atoms with van der Waals surface area (Å²) in [5.41, 5.74) is 0. The summed E-state index contributed by atoms with van der Waals surface area (Å²) in [6, 6.07) is 7.35. The minimum absolute atomic E-state index is 0.174. The molecule has 13 heavy (non-hydrogen) atoms. The Morgan fingerprint density at radius 3 is 2.46 bits per heavy atom. The van der Waals surface area contributed by atoms with Gasteiger partial charge in [-0.1, -0.05) is 0 Å². The Labute approximate surface area is 82.1 Å². The van der Waals surface area contributed by atoms with Crippen molar-refractivity contribution in [3.05, 3.63) is 24.3 Å². The van der Waals surface area contributed by atoms with Crippen LogP contribution >= 0.6 is 0 Å². The highest BCUT2D eigenvalue weighted by molar-refractivity contribution is 7.96. The Hall–Kier alpha value is -1.07. The quantitative estimate of drug-likeness (QED) is 0.563. The predicted octanol–water partition coefficient (Wildman–Crippen LogP) is 2.02. The maximum absolute atomic E-state index is 9.09. The van der Waals surface area contributed by atoms with Crippen LogP contribution in [0.4, 0.5) is 0 Å². The molecular formula is C11H13OS+. The second-order valence-corrected chi connectivity index (χ2v) is 4.74. The van der Waals surface area contributed by atoms with Crippen molar-refractivity contribution in [3.8, 4) is 17.6 Å². The van der Waals surface area contributed by atoms with Crippen molar-refractivity contribution in [2.75, 3.05) is 12.0 Å². The normalized spacial score (nSPS) is 11.5. The lowest BCUT2D eigenvalue weighted by Gasteiger charge is -1.98. The van der Waals surface area contributed by atoms with Crippen molar-refractivity contribution in [2.24, 2.45) is 0 Å². The monoisotopic (exact) mass is 193 g/mol. The first kappa shape index (κ1) is 10.0. The number of aromatic hydroxyl groups is 1. The fourth-order valence-corrected chi connectivity index (χ4v) is 2.07. The Morgan fingerprint density at radius 1 is 1.31 bits per heavy atom. The second kappa shape index (κ2) is 4.84. The largest absolute Gasteiger partial charge is 0.508 e. The average Bonchev–Trinajstić information content (AvgIpc) is 2.15. The van der Waals surface area contributed by atoms with Gasteiger partial charge in [-0.2, -0.15) is 0 Å². The van der Waals surface area contributed by atoms with E-state index in [1.54, 1.807) is 12.1 Å². The van der Waals surface area contributed by atoms with Gasteiger partial charge in [0.2, 0.25) is 0 Å². The summed E-state index contributed by atoms with van der Waals surface area (Å²) in [7, 11) is 0.174. The van der Waals surface area contributed by atoms with Crippen LogP contribution in [0.15, 0.2) is 29.2 Å². The molecule has 0 aromatic heterocycles. The molecule has 1 N–H and O–H groups in total. The van der Waals surface area contributed by atoms with Gasteiger partial charge in [-0.05, 0) is 37.1 Å². The van der Waals surface area contributed by atoms with Crippen LogP contribution in [0.1, 0.15) is 6.92 Å². The Kier molecular flexibility index (Phi) is 3.72. The third-order valence-electron chi connectivity index (χ3n) is 1.70. The molecule has 0 aliphatic rings. The van der Waals surface area contributed by atoms with E-state index in [-0.39, 0.29) is 10.9 Å². The molecule has 0 aliphatic heterocycles. The molecular weight excluding hydrogens is 180 g/mol. The number of hydrogen-bond donors (Lipinski definition) is 1. The van der Waals surface area contributed by atoms with Crippen LogP contribution in [0.5, 0.6) is 5.75 Å². The fourth-order valence-electron chi connectivity index (χ4n) is 0.942. The minimum Gasteiger partial charge on any atom is -0.508 e. The molecule has 1 aromatic carbocycles. The SMILES string of the molecule is CC#CC[S+](C)c1ccc(O)cc1. The number of phenolic OH excluding ortho intramolecular Hbond substituents is 1. The smallest absolute Gasteiger partial charge is 0.173 e. The van der Waals surface area contributed by atoms with Gasteiger partial charge >= 0.3 is 0 Å². The van der Waals surface area contributed by atoms with Crippen LogP contribution in [-0.2, 0) is 10.9 Å². The molecule has 0 spiro atoms. The highest BCUT2D eigenvalue weighted by atomic mass is 32.2. The summed E-state index contributed by atoms with van der Waals surface area (Å²) < 4.78 is 0. The second-order valence-electron chi connectivity index (χ2n) is 2.70. The average molecular weight is 193 g/mol. The molecule has 1 rings (SSSR count). The van der Waals surface area contributed by atoms with Gasteiger partial charge in [0.1, 0.15) is 12.0 Å². The van der Waals surface area contributed by atoms with Crippen LogP contribution < -0.4 is 0 Å². The predicted molar refractivity (Wildman–Crippen MR) is 58.0 cm³/mol. The van der Waals surface area contributed by atoms with E-state index >= 15 is 0 Å². The molecule has 0 heterocycles. The highest BCUT2D eigenvalue weighted by Gasteiger charge is 2.12. The van der Waals surface area contributed by atoms with Crippen molar-refractivity contribution in [2.45, 2.75) is 11.8 Å². The molecule has 0 amide bonds. The first-order valence-corrected chi connectivity index (χ1v) is 5.85. The Balaban J connectivity index is 2.69. The molecule has 0 saturated carbocycles. The van der Waals surface area contributed by atoms with Gasteiger partial charge in [0, 0.05) is 10.9 Å². The third-order valence-corrected chi connectivity index (χ3v) is 3.36. The summed E-state index contributed by atoms with van der Waals surface area (Å²) in [4.78, 5) is 1.25. The zero-order valence-electron chi connectivity index (χ0n) is 7.87. The minimum atomic E-state index is 0.174. The van der Waals surface area contributed by atoms with Crippen LogP contribution in [-0.4, -0.2) is 17.1 Å². The summed E-state index contributed by atoms with van der Waals surface area (Å²) in [6.07, 6.45) is 2.16. The molecule has 0 radical (unpaired) electrons. The van der Waals surface area contributed by atoms with Crippen LogP contribution in [0.2, 0.25) is 0 Å². The van der Waals surface area contributed by atoms with Crippen molar-refractivity contribution >= 4 is 10.9 Å². The van der Waals surface area contributed by atoms with Gasteiger partial charge in [-0.25, -0.2) is 0 Å². The van der Waals surface area contributed by atoms with Crippen molar-refractivity contribution in [1.82, 2.24) is 0 Å². The third kappa shape index (κ3) is 3.04.